The summed E-state index contributed by atoms with van der Waals surface area (Å²) in [6.45, 7) is 5.20. The van der Waals surface area contributed by atoms with Gasteiger partial charge in [-0.3, -0.25) is 0 Å². The van der Waals surface area contributed by atoms with Crippen LogP contribution in [0.3, 0.4) is 0 Å². The molecular weight excluding hydrogens is 236 g/mol. The third-order valence-electron chi connectivity index (χ3n) is 2.67. The zero-order valence-corrected chi connectivity index (χ0v) is 10.9. The Morgan fingerprint density at radius 2 is 2.24 bits per heavy atom. The summed E-state index contributed by atoms with van der Waals surface area (Å²) in [4.78, 5) is 2.05. The number of aliphatic hydroxyl groups excluding tert-OH is 1. The lowest BCUT2D eigenvalue weighted by Crippen LogP contribution is -2.24. The second kappa shape index (κ2) is 6.48. The third-order valence-corrected chi connectivity index (χ3v) is 2.97. The highest BCUT2D eigenvalue weighted by atomic mass is 35.5. The standard InChI is InChI=1S/C13H17ClN2O/c1-3-16(8-4-7-15)13-6-5-11(10(2)17)9-12(13)14/h5-6,9-10,17H,3-4,8H2,1-2H3/t10-/m0/s1. The lowest BCUT2D eigenvalue weighted by Gasteiger charge is -2.23. The van der Waals surface area contributed by atoms with Gasteiger partial charge in [0.25, 0.3) is 0 Å². The second-order valence-corrected chi connectivity index (χ2v) is 4.28. The summed E-state index contributed by atoms with van der Waals surface area (Å²) in [5.41, 5.74) is 1.71. The molecule has 0 bridgehead atoms. The molecule has 1 rings (SSSR count). The summed E-state index contributed by atoms with van der Waals surface area (Å²) in [5.74, 6) is 0. The number of hydrogen-bond donors (Lipinski definition) is 1. The van der Waals surface area contributed by atoms with Crippen LogP contribution in [0.1, 0.15) is 31.9 Å². The molecule has 0 saturated carbocycles. The van der Waals surface area contributed by atoms with Crippen LogP contribution in [0.4, 0.5) is 5.69 Å². The molecular formula is C13H17ClN2O. The first-order valence-corrected chi connectivity index (χ1v) is 6.07. The van der Waals surface area contributed by atoms with Crippen molar-refractivity contribution >= 4 is 17.3 Å². The van der Waals surface area contributed by atoms with Gasteiger partial charge in [-0.25, -0.2) is 0 Å². The quantitative estimate of drug-likeness (QED) is 0.876. The van der Waals surface area contributed by atoms with Crippen molar-refractivity contribution in [1.82, 2.24) is 0 Å². The van der Waals surface area contributed by atoms with Crippen LogP contribution in [0, 0.1) is 11.3 Å². The number of benzene rings is 1. The van der Waals surface area contributed by atoms with Gasteiger partial charge in [0.2, 0.25) is 0 Å². The Morgan fingerprint density at radius 3 is 2.71 bits per heavy atom. The van der Waals surface area contributed by atoms with Crippen molar-refractivity contribution in [3.8, 4) is 6.07 Å². The van der Waals surface area contributed by atoms with Crippen LogP contribution in [0.25, 0.3) is 0 Å². The van der Waals surface area contributed by atoms with E-state index in [0.29, 0.717) is 18.0 Å². The molecule has 0 spiro atoms. The van der Waals surface area contributed by atoms with Gasteiger partial charge in [0.15, 0.2) is 0 Å². The Bertz CT molecular complexity index is 412. The SMILES string of the molecule is CCN(CCC#N)c1ccc([C@H](C)O)cc1Cl. The highest BCUT2D eigenvalue weighted by Gasteiger charge is 2.10. The molecule has 1 aromatic carbocycles. The maximum atomic E-state index is 9.46. The minimum atomic E-state index is -0.518. The summed E-state index contributed by atoms with van der Waals surface area (Å²) in [5, 5.41) is 18.7. The summed E-state index contributed by atoms with van der Waals surface area (Å²) in [6.07, 6.45) is -0.0433. The fraction of sp³-hybridized carbons (Fsp3) is 0.462. The predicted octanol–water partition coefficient (Wildman–Crippen LogP) is 3.13. The van der Waals surface area contributed by atoms with Crippen LogP contribution in [0.5, 0.6) is 0 Å². The largest absolute Gasteiger partial charge is 0.389 e. The zero-order chi connectivity index (χ0) is 12.8. The van der Waals surface area contributed by atoms with Gasteiger partial charge in [0.05, 0.1) is 29.3 Å². The van der Waals surface area contributed by atoms with Gasteiger partial charge in [0.1, 0.15) is 0 Å². The van der Waals surface area contributed by atoms with E-state index in [0.717, 1.165) is 17.8 Å². The topological polar surface area (TPSA) is 47.3 Å². The van der Waals surface area contributed by atoms with Gasteiger partial charge in [-0.2, -0.15) is 5.26 Å². The predicted molar refractivity (Wildman–Crippen MR) is 70.2 cm³/mol. The maximum Gasteiger partial charge on any atom is 0.0762 e. The summed E-state index contributed by atoms with van der Waals surface area (Å²) >= 11 is 6.19. The first-order valence-electron chi connectivity index (χ1n) is 5.69. The Kier molecular flexibility index (Phi) is 5.27. The van der Waals surface area contributed by atoms with Crippen molar-refractivity contribution in [3.05, 3.63) is 28.8 Å². The molecule has 0 saturated heterocycles. The number of rotatable bonds is 5. The Balaban J connectivity index is 2.93. The van der Waals surface area contributed by atoms with Crippen LogP contribution in [-0.4, -0.2) is 18.2 Å². The van der Waals surface area contributed by atoms with Crippen LogP contribution in [-0.2, 0) is 0 Å². The fourth-order valence-corrected chi connectivity index (χ4v) is 1.98. The molecule has 0 aliphatic carbocycles. The van der Waals surface area contributed by atoms with E-state index in [4.69, 9.17) is 16.9 Å². The normalized spacial score (nSPS) is 11.9. The second-order valence-electron chi connectivity index (χ2n) is 3.87. The molecule has 0 fully saturated rings. The van der Waals surface area contributed by atoms with Gasteiger partial charge in [-0.15, -0.1) is 0 Å². The Morgan fingerprint density at radius 1 is 1.53 bits per heavy atom. The van der Waals surface area contributed by atoms with E-state index in [1.54, 1.807) is 13.0 Å². The molecule has 4 heteroatoms. The summed E-state index contributed by atoms with van der Waals surface area (Å²) in [6, 6.07) is 7.66. The highest BCUT2D eigenvalue weighted by Crippen LogP contribution is 2.29. The number of aliphatic hydroxyl groups is 1. The summed E-state index contributed by atoms with van der Waals surface area (Å²) < 4.78 is 0. The van der Waals surface area contributed by atoms with Crippen molar-refractivity contribution in [2.24, 2.45) is 0 Å². The van der Waals surface area contributed by atoms with E-state index < -0.39 is 6.10 Å². The van der Waals surface area contributed by atoms with Crippen molar-refractivity contribution in [2.45, 2.75) is 26.4 Å². The van der Waals surface area contributed by atoms with Crippen LogP contribution in [0.15, 0.2) is 18.2 Å². The molecule has 0 heterocycles. The third kappa shape index (κ3) is 3.62. The first-order chi connectivity index (χ1) is 8.10. The molecule has 0 radical (unpaired) electrons. The van der Waals surface area contributed by atoms with E-state index in [9.17, 15) is 5.11 Å². The van der Waals surface area contributed by atoms with Gasteiger partial charge >= 0.3 is 0 Å². The van der Waals surface area contributed by atoms with E-state index >= 15 is 0 Å². The minimum absolute atomic E-state index is 0.475. The van der Waals surface area contributed by atoms with Gasteiger partial charge < -0.3 is 10.0 Å². The molecule has 3 nitrogen and oxygen atoms in total. The lowest BCUT2D eigenvalue weighted by atomic mass is 10.1. The molecule has 0 aliphatic rings. The monoisotopic (exact) mass is 252 g/mol. The van der Waals surface area contributed by atoms with Crippen LogP contribution >= 0.6 is 11.6 Å². The van der Waals surface area contributed by atoms with E-state index in [1.807, 2.05) is 19.1 Å². The van der Waals surface area contributed by atoms with Crippen molar-refractivity contribution < 1.29 is 5.11 Å². The fourth-order valence-electron chi connectivity index (χ4n) is 1.67. The number of nitrogens with zero attached hydrogens (tertiary/aromatic N) is 2. The molecule has 0 amide bonds. The molecule has 0 aliphatic heterocycles. The maximum absolute atomic E-state index is 9.46. The van der Waals surface area contributed by atoms with Crippen molar-refractivity contribution in [1.29, 1.82) is 5.26 Å². The number of hydrogen-bond acceptors (Lipinski definition) is 3. The van der Waals surface area contributed by atoms with E-state index in [-0.39, 0.29) is 0 Å². The Labute approximate surface area is 107 Å². The molecule has 1 atom stereocenters. The number of nitriles is 1. The minimum Gasteiger partial charge on any atom is -0.389 e. The first kappa shape index (κ1) is 13.8. The molecule has 17 heavy (non-hydrogen) atoms. The van der Waals surface area contributed by atoms with E-state index in [2.05, 4.69) is 11.0 Å². The van der Waals surface area contributed by atoms with Gasteiger partial charge in [-0.05, 0) is 31.5 Å². The molecule has 0 aromatic heterocycles. The van der Waals surface area contributed by atoms with Gasteiger partial charge in [0, 0.05) is 13.1 Å². The average molecular weight is 253 g/mol. The molecule has 1 aromatic rings. The van der Waals surface area contributed by atoms with Crippen molar-refractivity contribution in [3.63, 3.8) is 0 Å². The highest BCUT2D eigenvalue weighted by molar-refractivity contribution is 6.33. The van der Waals surface area contributed by atoms with Gasteiger partial charge in [-0.1, -0.05) is 17.7 Å². The van der Waals surface area contributed by atoms with Crippen molar-refractivity contribution in [2.75, 3.05) is 18.0 Å². The average Bonchev–Trinajstić information content (AvgIpc) is 2.31. The lowest BCUT2D eigenvalue weighted by molar-refractivity contribution is 0.199. The zero-order valence-electron chi connectivity index (χ0n) is 10.2. The molecule has 92 valence electrons. The smallest absolute Gasteiger partial charge is 0.0762 e. The molecule has 1 N–H and O–H groups in total. The number of halogens is 1. The molecule has 0 unspecified atom stereocenters. The van der Waals surface area contributed by atoms with Crippen LogP contribution < -0.4 is 4.90 Å². The summed E-state index contributed by atoms with van der Waals surface area (Å²) in [7, 11) is 0. The van der Waals surface area contributed by atoms with Crippen LogP contribution in [0.2, 0.25) is 5.02 Å². The van der Waals surface area contributed by atoms with E-state index in [1.165, 1.54) is 0 Å². The number of anilines is 1. The Hall–Kier alpha value is -1.24.